The van der Waals surface area contributed by atoms with Gasteiger partial charge in [-0.3, -0.25) is 4.79 Å². The lowest BCUT2D eigenvalue weighted by atomic mass is 9.96. The molecule has 1 saturated carbocycles. The van der Waals surface area contributed by atoms with E-state index in [0.29, 0.717) is 11.9 Å². The first kappa shape index (κ1) is 16.8. The van der Waals surface area contributed by atoms with Gasteiger partial charge in [-0.05, 0) is 37.1 Å². The highest BCUT2D eigenvalue weighted by Crippen LogP contribution is 2.29. The molecule has 134 valence electrons. The summed E-state index contributed by atoms with van der Waals surface area (Å²) in [7, 11) is 0. The van der Waals surface area contributed by atoms with Gasteiger partial charge >= 0.3 is 0 Å². The fraction of sp³-hybridized carbons (Fsp3) is 0.632. The maximum atomic E-state index is 12.8. The molecule has 1 saturated heterocycles. The van der Waals surface area contributed by atoms with E-state index in [0.717, 1.165) is 50.0 Å². The van der Waals surface area contributed by atoms with E-state index in [1.807, 2.05) is 4.68 Å². The second-order valence-corrected chi connectivity index (χ2v) is 8.12. The number of hydrogen-bond acceptors (Lipinski definition) is 4. The first-order valence-electron chi connectivity index (χ1n) is 9.54. The molecule has 2 fully saturated rings. The lowest BCUT2D eigenvalue weighted by Crippen LogP contribution is -2.42. The lowest BCUT2D eigenvalue weighted by molar-refractivity contribution is -0.137. The largest absolute Gasteiger partial charge is 0.342 e. The van der Waals surface area contributed by atoms with E-state index < -0.39 is 0 Å². The Bertz CT molecular complexity index is 680. The zero-order chi connectivity index (χ0) is 17.1. The van der Waals surface area contributed by atoms with Gasteiger partial charge in [-0.1, -0.05) is 30.9 Å². The summed E-state index contributed by atoms with van der Waals surface area (Å²) in [4.78, 5) is 14.9. The minimum atomic E-state index is 0.274. The van der Waals surface area contributed by atoms with Crippen molar-refractivity contribution < 1.29 is 4.79 Å². The van der Waals surface area contributed by atoms with Gasteiger partial charge in [-0.25, -0.2) is 4.68 Å². The van der Waals surface area contributed by atoms with E-state index in [9.17, 15) is 4.79 Å². The molecule has 0 atom stereocenters. The lowest BCUT2D eigenvalue weighted by Gasteiger charge is -2.34. The molecule has 0 unspecified atom stereocenters. The standard InChI is InChI=1S/C19H26N4OS/c24-19(15-5-3-1-2-4-6-15)22-10-7-17(8-11-22)23-13-18(20-21-23)16-9-12-25-14-16/h9,12-15,17H,1-8,10-11H2. The van der Waals surface area contributed by atoms with Gasteiger partial charge in [0.25, 0.3) is 0 Å². The van der Waals surface area contributed by atoms with Crippen LogP contribution in [0.4, 0.5) is 0 Å². The zero-order valence-electron chi connectivity index (χ0n) is 14.6. The maximum Gasteiger partial charge on any atom is 0.225 e. The van der Waals surface area contributed by atoms with Gasteiger partial charge in [0.2, 0.25) is 5.91 Å². The minimum Gasteiger partial charge on any atom is -0.342 e. The average Bonchev–Trinajstić information content (AvgIpc) is 3.28. The van der Waals surface area contributed by atoms with Crippen LogP contribution in [0.2, 0.25) is 0 Å². The van der Waals surface area contributed by atoms with Gasteiger partial charge in [0.1, 0.15) is 5.69 Å². The first-order chi connectivity index (χ1) is 12.3. The van der Waals surface area contributed by atoms with Crippen LogP contribution in [-0.2, 0) is 4.79 Å². The predicted molar refractivity (Wildman–Crippen MR) is 99.4 cm³/mol. The van der Waals surface area contributed by atoms with Gasteiger partial charge in [0.15, 0.2) is 0 Å². The number of carbonyl (C=O) groups is 1. The van der Waals surface area contributed by atoms with Crippen LogP contribution in [0.1, 0.15) is 57.4 Å². The Morgan fingerprint density at radius 3 is 2.52 bits per heavy atom. The fourth-order valence-corrected chi connectivity index (χ4v) is 4.78. The number of likely N-dealkylation sites (tertiary alicyclic amines) is 1. The molecule has 1 aliphatic heterocycles. The molecule has 2 aromatic rings. The number of amides is 1. The summed E-state index contributed by atoms with van der Waals surface area (Å²) in [5, 5.41) is 12.8. The van der Waals surface area contributed by atoms with Gasteiger partial charge in [-0.2, -0.15) is 11.3 Å². The van der Waals surface area contributed by atoms with Crippen molar-refractivity contribution in [3.8, 4) is 11.3 Å². The van der Waals surface area contributed by atoms with Crippen molar-refractivity contribution in [2.75, 3.05) is 13.1 Å². The molecule has 0 bridgehead atoms. The van der Waals surface area contributed by atoms with Gasteiger partial charge in [0.05, 0.1) is 12.2 Å². The Morgan fingerprint density at radius 1 is 1.08 bits per heavy atom. The highest BCUT2D eigenvalue weighted by Gasteiger charge is 2.29. The molecule has 1 aliphatic carbocycles. The SMILES string of the molecule is O=C(C1CCCCCC1)N1CCC(n2cc(-c3ccsc3)nn2)CC1. The predicted octanol–water partition coefficient (Wildman–Crippen LogP) is 4.14. The van der Waals surface area contributed by atoms with E-state index in [1.54, 1.807) is 11.3 Å². The van der Waals surface area contributed by atoms with Crippen LogP contribution < -0.4 is 0 Å². The van der Waals surface area contributed by atoms with Crippen molar-refractivity contribution in [1.82, 2.24) is 19.9 Å². The molecule has 25 heavy (non-hydrogen) atoms. The number of hydrogen-bond donors (Lipinski definition) is 0. The third kappa shape index (κ3) is 3.78. The number of aromatic nitrogens is 3. The highest BCUT2D eigenvalue weighted by molar-refractivity contribution is 7.08. The van der Waals surface area contributed by atoms with Crippen LogP contribution in [0.5, 0.6) is 0 Å². The Morgan fingerprint density at radius 2 is 1.84 bits per heavy atom. The van der Waals surface area contributed by atoms with E-state index in [-0.39, 0.29) is 5.92 Å². The van der Waals surface area contributed by atoms with Crippen LogP contribution in [-0.4, -0.2) is 38.9 Å². The van der Waals surface area contributed by atoms with E-state index in [4.69, 9.17) is 0 Å². The second-order valence-electron chi connectivity index (χ2n) is 7.34. The van der Waals surface area contributed by atoms with Crippen LogP contribution >= 0.6 is 11.3 Å². The van der Waals surface area contributed by atoms with Gasteiger partial charge in [0, 0.05) is 30.0 Å². The monoisotopic (exact) mass is 358 g/mol. The van der Waals surface area contributed by atoms with Crippen molar-refractivity contribution in [2.45, 2.75) is 57.4 Å². The molecule has 2 aliphatic rings. The summed E-state index contributed by atoms with van der Waals surface area (Å²) in [5.41, 5.74) is 2.08. The summed E-state index contributed by atoms with van der Waals surface area (Å²) in [5.74, 6) is 0.675. The molecule has 0 N–H and O–H groups in total. The molecule has 0 radical (unpaired) electrons. The second kappa shape index (κ2) is 7.68. The Kier molecular flexibility index (Phi) is 5.15. The van der Waals surface area contributed by atoms with Crippen LogP contribution in [0, 0.1) is 5.92 Å². The molecule has 4 rings (SSSR count). The first-order valence-corrected chi connectivity index (χ1v) is 10.5. The summed E-state index contributed by atoms with van der Waals surface area (Å²) >= 11 is 1.68. The maximum absolute atomic E-state index is 12.8. The van der Waals surface area contributed by atoms with Crippen LogP contribution in [0.3, 0.4) is 0 Å². The summed E-state index contributed by atoms with van der Waals surface area (Å²) in [6, 6.07) is 2.44. The quantitative estimate of drug-likeness (QED) is 0.775. The third-order valence-corrected chi connectivity index (χ3v) is 6.37. The van der Waals surface area contributed by atoms with Gasteiger partial charge in [-0.15, -0.1) is 5.10 Å². The normalized spacial score (nSPS) is 20.6. The van der Waals surface area contributed by atoms with Crippen molar-refractivity contribution >= 4 is 17.2 Å². The molecule has 0 spiro atoms. The van der Waals surface area contributed by atoms with E-state index in [1.165, 1.54) is 25.7 Å². The van der Waals surface area contributed by atoms with Crippen molar-refractivity contribution in [3.05, 3.63) is 23.0 Å². The van der Waals surface area contributed by atoms with Crippen molar-refractivity contribution in [2.24, 2.45) is 5.92 Å². The molecule has 0 aromatic carbocycles. The Balaban J connectivity index is 1.34. The molecular weight excluding hydrogens is 332 g/mol. The summed E-state index contributed by atoms with van der Waals surface area (Å²) < 4.78 is 2.00. The fourth-order valence-electron chi connectivity index (χ4n) is 4.13. The number of rotatable bonds is 3. The number of nitrogens with zero attached hydrogens (tertiary/aromatic N) is 4. The topological polar surface area (TPSA) is 51.0 Å². The molecule has 5 nitrogen and oxygen atoms in total. The number of carbonyl (C=O) groups excluding carboxylic acids is 1. The van der Waals surface area contributed by atoms with E-state index in [2.05, 4.69) is 38.2 Å². The zero-order valence-corrected chi connectivity index (χ0v) is 15.5. The van der Waals surface area contributed by atoms with Crippen LogP contribution in [0.15, 0.2) is 23.0 Å². The Hall–Kier alpha value is -1.69. The van der Waals surface area contributed by atoms with Crippen LogP contribution in [0.25, 0.3) is 11.3 Å². The van der Waals surface area contributed by atoms with E-state index >= 15 is 0 Å². The van der Waals surface area contributed by atoms with Gasteiger partial charge < -0.3 is 4.90 Å². The van der Waals surface area contributed by atoms with Crippen molar-refractivity contribution in [1.29, 1.82) is 0 Å². The number of thiophene rings is 1. The molecule has 1 amide bonds. The molecule has 6 heteroatoms. The average molecular weight is 359 g/mol. The minimum absolute atomic E-state index is 0.274. The molecular formula is C19H26N4OS. The number of piperidine rings is 1. The highest BCUT2D eigenvalue weighted by atomic mass is 32.1. The third-order valence-electron chi connectivity index (χ3n) is 5.68. The Labute approximate surface area is 153 Å². The van der Waals surface area contributed by atoms with Crippen molar-refractivity contribution in [3.63, 3.8) is 0 Å². The summed E-state index contributed by atoms with van der Waals surface area (Å²) in [6.45, 7) is 1.71. The smallest absolute Gasteiger partial charge is 0.225 e. The summed E-state index contributed by atoms with van der Waals surface area (Å²) in [6.07, 6.45) is 11.2. The molecule has 3 heterocycles. The molecule has 2 aromatic heterocycles.